The maximum atomic E-state index is 14.2. The van der Waals surface area contributed by atoms with E-state index in [4.69, 9.17) is 26.7 Å². The monoisotopic (exact) mass is 829 g/mol. The maximum absolute atomic E-state index is 14.2. The van der Waals surface area contributed by atoms with E-state index in [1.54, 1.807) is 34.5 Å². The normalized spacial score (nSPS) is 11.6. The molecule has 316 valence electrons. The number of fused-ring (bicyclic) bond motifs is 1. The summed E-state index contributed by atoms with van der Waals surface area (Å²) >= 11 is 1.26. The molecule has 0 bridgehead atoms. The Labute approximate surface area is 347 Å². The van der Waals surface area contributed by atoms with Crippen LogP contribution < -0.4 is 32.1 Å². The van der Waals surface area contributed by atoms with Gasteiger partial charge in [0.25, 0.3) is 5.91 Å². The number of anilines is 2. The lowest BCUT2D eigenvalue weighted by molar-refractivity contribution is 0.0511. The molecule has 0 spiro atoms. The molecule has 3 amide bonds. The highest BCUT2D eigenvalue weighted by Gasteiger charge is 2.22. The third-order valence-corrected chi connectivity index (χ3v) is 10.7. The Bertz CT molecular complexity index is 2370. The van der Waals surface area contributed by atoms with Crippen molar-refractivity contribution >= 4 is 56.7 Å². The van der Waals surface area contributed by atoms with Gasteiger partial charge in [-0.2, -0.15) is 15.2 Å². The van der Waals surface area contributed by atoms with Crippen LogP contribution in [-0.2, 0) is 30.8 Å². The molecule has 4 heterocycles. The zero-order chi connectivity index (χ0) is 42.6. The van der Waals surface area contributed by atoms with Crippen LogP contribution in [-0.4, -0.2) is 72.6 Å². The molecule has 4 aromatic heterocycles. The summed E-state index contributed by atoms with van der Waals surface area (Å²) in [6, 6.07) is 6.54. The summed E-state index contributed by atoms with van der Waals surface area (Å²) in [6.45, 7) is 12.3. The molecule has 18 heteroatoms. The minimum absolute atomic E-state index is 0.256. The molecule has 0 aliphatic heterocycles. The molecule has 0 atom stereocenters. The van der Waals surface area contributed by atoms with Gasteiger partial charge < -0.3 is 36.6 Å². The molecule has 0 fully saturated rings. The van der Waals surface area contributed by atoms with E-state index in [2.05, 4.69) is 32.4 Å². The lowest BCUT2D eigenvalue weighted by Gasteiger charge is -2.16. The fourth-order valence-corrected chi connectivity index (χ4v) is 7.80. The second-order valence-corrected chi connectivity index (χ2v) is 15.2. The summed E-state index contributed by atoms with van der Waals surface area (Å²) in [7, 11) is 0. The van der Waals surface area contributed by atoms with Crippen LogP contribution in [0, 0.1) is 13.8 Å². The van der Waals surface area contributed by atoms with Gasteiger partial charge in [0.1, 0.15) is 22.8 Å². The zero-order valence-electron chi connectivity index (χ0n) is 34.5. The van der Waals surface area contributed by atoms with Gasteiger partial charge in [0.15, 0.2) is 10.4 Å². The van der Waals surface area contributed by atoms with E-state index in [-0.39, 0.29) is 17.1 Å². The van der Waals surface area contributed by atoms with Gasteiger partial charge >= 0.3 is 5.97 Å². The van der Waals surface area contributed by atoms with E-state index in [1.165, 1.54) is 23.6 Å². The Morgan fingerprint density at radius 3 is 2.36 bits per heavy atom. The molecule has 59 heavy (non-hydrogen) atoms. The maximum Gasteiger partial charge on any atom is 0.356 e. The fourth-order valence-electron chi connectivity index (χ4n) is 6.75. The van der Waals surface area contributed by atoms with Crippen molar-refractivity contribution in [2.45, 2.75) is 106 Å². The number of amides is 3. The van der Waals surface area contributed by atoms with Crippen LogP contribution in [0.15, 0.2) is 35.5 Å². The fraction of sp³-hybridized carbons (Fsp3) is 0.463. The van der Waals surface area contributed by atoms with Crippen LogP contribution in [0.4, 0.5) is 11.4 Å². The van der Waals surface area contributed by atoms with Gasteiger partial charge in [0, 0.05) is 43.5 Å². The Hall–Kier alpha value is -6.04. The number of benzene rings is 1. The van der Waals surface area contributed by atoms with Crippen molar-refractivity contribution < 1.29 is 28.7 Å². The van der Waals surface area contributed by atoms with E-state index in [1.807, 2.05) is 25.3 Å². The summed E-state index contributed by atoms with van der Waals surface area (Å²) in [5.41, 5.74) is 22.7. The summed E-state index contributed by atoms with van der Waals surface area (Å²) < 4.78 is 17.1. The molecule has 17 nitrogen and oxygen atoms in total. The summed E-state index contributed by atoms with van der Waals surface area (Å²) in [5.74, 6) is -1.54. The van der Waals surface area contributed by atoms with Gasteiger partial charge in [-0.05, 0) is 90.5 Å². The van der Waals surface area contributed by atoms with E-state index in [9.17, 15) is 19.2 Å². The minimum Gasteiger partial charge on any atom is -0.491 e. The Morgan fingerprint density at radius 1 is 0.881 bits per heavy atom. The SMILES string of the molecule is CCCCOc1cc(C(N)=O)cc(N)c1NCCCCn1c(=NC(=O)c2c(CCCCCn3nc(C)cc3C(=O)OCC)c(C)nn2CC)sc2cc(C(N)=O)cnc21. The Balaban J connectivity index is 1.32. The predicted molar refractivity (Wildman–Crippen MR) is 227 cm³/mol. The number of hydrogen-bond acceptors (Lipinski definition) is 12. The zero-order valence-corrected chi connectivity index (χ0v) is 35.3. The Kier molecular flexibility index (Phi) is 15.4. The molecule has 0 unspecified atom stereocenters. The molecule has 5 rings (SSSR count). The predicted octanol–water partition coefficient (Wildman–Crippen LogP) is 5.31. The second-order valence-electron chi connectivity index (χ2n) is 14.2. The van der Waals surface area contributed by atoms with E-state index >= 15 is 0 Å². The number of nitrogens with one attached hydrogen (secondary N) is 1. The number of rotatable bonds is 22. The standard InChI is InChI=1S/C41H55N11O6S/c1-6-9-19-58-32-22-27(36(43)53)21-30(42)34(32)45-16-12-14-17-50-38-33(23-28(24-46-38)37(44)54)59-41(50)47-39(55)35-29(26(5)49-51(35)7-2)15-11-10-13-18-52-31(20-25(4)48-52)40(56)57-8-3/h20-24,45H,6-19,42H2,1-5H3,(H2,43,53)(H2,44,54). The van der Waals surface area contributed by atoms with Crippen LogP contribution in [0.5, 0.6) is 5.75 Å². The molecule has 5 aromatic rings. The van der Waals surface area contributed by atoms with E-state index < -0.39 is 17.7 Å². The molecular formula is C41H55N11O6S. The largest absolute Gasteiger partial charge is 0.491 e. The van der Waals surface area contributed by atoms with Crippen molar-refractivity contribution in [1.82, 2.24) is 29.1 Å². The number of nitrogen functional groups attached to an aromatic ring is 1. The first-order chi connectivity index (χ1) is 28.4. The van der Waals surface area contributed by atoms with E-state index in [0.717, 1.165) is 49.1 Å². The van der Waals surface area contributed by atoms with Gasteiger partial charge in [0.05, 0.1) is 40.6 Å². The van der Waals surface area contributed by atoms with Gasteiger partial charge in [-0.1, -0.05) is 31.1 Å². The van der Waals surface area contributed by atoms with Crippen LogP contribution in [0.25, 0.3) is 10.3 Å². The Morgan fingerprint density at radius 2 is 1.64 bits per heavy atom. The number of hydrogen-bond donors (Lipinski definition) is 4. The topological polar surface area (TPSA) is 243 Å². The number of pyridine rings is 1. The summed E-state index contributed by atoms with van der Waals surface area (Å²) in [5, 5.41) is 12.5. The number of esters is 1. The minimum atomic E-state index is -0.604. The molecule has 0 saturated heterocycles. The number of thiazole rings is 1. The molecule has 1 aromatic carbocycles. The number of unbranched alkanes of at least 4 members (excludes halogenated alkanes) is 4. The third-order valence-electron chi connectivity index (χ3n) is 9.72. The molecule has 0 aliphatic rings. The number of aryl methyl sites for hydroxylation is 5. The first-order valence-corrected chi connectivity index (χ1v) is 20.9. The number of nitrogens with zero attached hydrogens (tertiary/aromatic N) is 7. The van der Waals surface area contributed by atoms with Crippen LogP contribution in [0.2, 0.25) is 0 Å². The first-order valence-electron chi connectivity index (χ1n) is 20.1. The van der Waals surface area contributed by atoms with Gasteiger partial charge in [-0.25, -0.2) is 9.78 Å². The van der Waals surface area contributed by atoms with Crippen molar-refractivity contribution in [3.05, 3.63) is 74.7 Å². The van der Waals surface area contributed by atoms with Crippen molar-refractivity contribution in [3.8, 4) is 5.75 Å². The van der Waals surface area contributed by atoms with Gasteiger partial charge in [-0.3, -0.25) is 23.7 Å². The van der Waals surface area contributed by atoms with Crippen molar-refractivity contribution in [2.75, 3.05) is 30.8 Å². The van der Waals surface area contributed by atoms with Crippen molar-refractivity contribution in [1.29, 1.82) is 0 Å². The molecular weight excluding hydrogens is 775 g/mol. The number of carbonyl (C=O) groups excluding carboxylic acids is 4. The summed E-state index contributed by atoms with van der Waals surface area (Å²) in [4.78, 5) is 60.1. The van der Waals surface area contributed by atoms with Crippen molar-refractivity contribution in [3.63, 3.8) is 0 Å². The number of ether oxygens (including phenoxy) is 2. The van der Waals surface area contributed by atoms with Gasteiger partial charge in [-0.15, -0.1) is 0 Å². The van der Waals surface area contributed by atoms with Crippen LogP contribution in [0.3, 0.4) is 0 Å². The highest BCUT2D eigenvalue weighted by molar-refractivity contribution is 7.16. The summed E-state index contributed by atoms with van der Waals surface area (Å²) in [6.07, 6.45) is 7.60. The van der Waals surface area contributed by atoms with Crippen LogP contribution >= 0.6 is 11.3 Å². The van der Waals surface area contributed by atoms with E-state index in [0.29, 0.717) is 102 Å². The van der Waals surface area contributed by atoms with Crippen LogP contribution in [0.1, 0.15) is 124 Å². The lowest BCUT2D eigenvalue weighted by atomic mass is 10.0. The smallest absolute Gasteiger partial charge is 0.356 e. The lowest BCUT2D eigenvalue weighted by Crippen LogP contribution is -2.20. The molecule has 7 N–H and O–H groups in total. The first kappa shape index (κ1) is 44.1. The van der Waals surface area contributed by atoms with Crippen molar-refractivity contribution in [2.24, 2.45) is 16.5 Å². The highest BCUT2D eigenvalue weighted by atomic mass is 32.1. The number of carbonyl (C=O) groups is 4. The average Bonchev–Trinajstić information content (AvgIpc) is 3.86. The second kappa shape index (κ2) is 20.6. The molecule has 0 radical (unpaired) electrons. The third kappa shape index (κ3) is 10.9. The highest BCUT2D eigenvalue weighted by Crippen LogP contribution is 2.33. The number of nitrogens with two attached hydrogens (primary N) is 3. The quantitative estimate of drug-likeness (QED) is 0.0396. The van der Waals surface area contributed by atoms with Gasteiger partial charge in [0.2, 0.25) is 11.8 Å². The molecule has 0 saturated carbocycles. The number of primary amides is 2. The average molecular weight is 830 g/mol. The molecule has 0 aliphatic carbocycles. The number of aromatic nitrogens is 6.